The Hall–Kier alpha value is -2.42. The molecular formula is C16H13Cl2N7S. The van der Waals surface area contributed by atoms with E-state index >= 15 is 0 Å². The van der Waals surface area contributed by atoms with Gasteiger partial charge in [-0.15, -0.1) is 15.3 Å². The van der Waals surface area contributed by atoms with Gasteiger partial charge in [0.05, 0.1) is 10.0 Å². The van der Waals surface area contributed by atoms with Crippen LogP contribution in [0.25, 0.3) is 17.0 Å². The van der Waals surface area contributed by atoms with Gasteiger partial charge in [0.1, 0.15) is 11.6 Å². The maximum absolute atomic E-state index is 6.09. The van der Waals surface area contributed by atoms with E-state index < -0.39 is 0 Å². The lowest BCUT2D eigenvalue weighted by molar-refractivity contribution is 0.923. The lowest BCUT2D eigenvalue weighted by Crippen LogP contribution is -2.15. The largest absolute Gasteiger partial charge is 0.367 e. The molecule has 10 heteroatoms. The molecule has 0 saturated heterocycles. The van der Waals surface area contributed by atoms with Crippen LogP contribution in [0.2, 0.25) is 10.0 Å². The van der Waals surface area contributed by atoms with Crippen LogP contribution in [0.15, 0.2) is 41.2 Å². The molecule has 0 saturated carbocycles. The molecule has 4 aromatic rings. The van der Waals surface area contributed by atoms with Crippen LogP contribution in [0.3, 0.4) is 0 Å². The van der Waals surface area contributed by atoms with Crippen LogP contribution >= 0.6 is 34.5 Å². The molecular weight excluding hydrogens is 393 g/mol. The van der Waals surface area contributed by atoms with Crippen molar-refractivity contribution in [2.24, 2.45) is 0 Å². The summed E-state index contributed by atoms with van der Waals surface area (Å²) in [4.78, 5) is 4.16. The minimum atomic E-state index is 0.488. The van der Waals surface area contributed by atoms with Gasteiger partial charge in [0, 0.05) is 30.2 Å². The number of thiophene rings is 1. The third-order valence-corrected chi connectivity index (χ3v) is 4.75. The number of rotatable bonds is 6. The Balaban J connectivity index is 1.42. The van der Waals surface area contributed by atoms with Crippen molar-refractivity contribution in [3.05, 3.63) is 51.3 Å². The Morgan fingerprint density at radius 1 is 1.08 bits per heavy atom. The van der Waals surface area contributed by atoms with Gasteiger partial charge >= 0.3 is 0 Å². The van der Waals surface area contributed by atoms with Gasteiger partial charge in [-0.2, -0.15) is 15.9 Å². The van der Waals surface area contributed by atoms with Crippen molar-refractivity contribution in [3.8, 4) is 11.4 Å². The molecule has 0 radical (unpaired) electrons. The van der Waals surface area contributed by atoms with Crippen molar-refractivity contribution in [2.45, 2.75) is 0 Å². The van der Waals surface area contributed by atoms with Crippen molar-refractivity contribution in [1.82, 2.24) is 24.8 Å². The molecule has 132 valence electrons. The standard InChI is InChI=1S/C16H13Cl2N7S/c17-11-7-12(18)15(21-8-11)20-5-4-19-13-1-2-14-22-23-16(25(14)24-13)10-3-6-26-9-10/h1-3,6-9H,4-5H2,(H,19,24)(H,20,21). The second-order valence-corrected chi connectivity index (χ2v) is 6.99. The van der Waals surface area contributed by atoms with Crippen molar-refractivity contribution in [3.63, 3.8) is 0 Å². The van der Waals surface area contributed by atoms with Gasteiger partial charge in [0.15, 0.2) is 11.5 Å². The van der Waals surface area contributed by atoms with Gasteiger partial charge < -0.3 is 10.6 Å². The van der Waals surface area contributed by atoms with E-state index in [9.17, 15) is 0 Å². The number of fused-ring (bicyclic) bond motifs is 1. The van der Waals surface area contributed by atoms with Crippen LogP contribution in [0.1, 0.15) is 0 Å². The van der Waals surface area contributed by atoms with E-state index in [4.69, 9.17) is 23.2 Å². The van der Waals surface area contributed by atoms with Crippen LogP contribution in [-0.4, -0.2) is 37.9 Å². The summed E-state index contributed by atoms with van der Waals surface area (Å²) >= 11 is 13.5. The summed E-state index contributed by atoms with van der Waals surface area (Å²) in [5.41, 5.74) is 1.70. The SMILES string of the molecule is Clc1cnc(NCCNc2ccc3nnc(-c4ccsc4)n3n2)c(Cl)c1. The molecule has 0 fully saturated rings. The number of nitrogens with zero attached hydrogens (tertiary/aromatic N) is 5. The number of anilines is 2. The molecule has 0 aliphatic heterocycles. The lowest BCUT2D eigenvalue weighted by atomic mass is 10.3. The van der Waals surface area contributed by atoms with E-state index in [1.54, 1.807) is 28.1 Å². The fourth-order valence-corrected chi connectivity index (χ4v) is 3.45. The van der Waals surface area contributed by atoms with Crippen molar-refractivity contribution >= 4 is 51.8 Å². The summed E-state index contributed by atoms with van der Waals surface area (Å²) in [6.45, 7) is 1.25. The normalized spacial score (nSPS) is 11.0. The topological polar surface area (TPSA) is 80.0 Å². The Kier molecular flexibility index (Phi) is 4.87. The molecule has 0 bridgehead atoms. The van der Waals surface area contributed by atoms with Crippen LogP contribution < -0.4 is 10.6 Å². The summed E-state index contributed by atoms with van der Waals surface area (Å²) in [6, 6.07) is 7.40. The first-order valence-corrected chi connectivity index (χ1v) is 9.44. The summed E-state index contributed by atoms with van der Waals surface area (Å²) < 4.78 is 1.73. The highest BCUT2D eigenvalue weighted by molar-refractivity contribution is 7.08. The van der Waals surface area contributed by atoms with E-state index in [0.717, 1.165) is 17.2 Å². The highest BCUT2D eigenvalue weighted by Gasteiger charge is 2.10. The van der Waals surface area contributed by atoms with E-state index in [1.807, 2.05) is 29.0 Å². The Morgan fingerprint density at radius 3 is 2.77 bits per heavy atom. The van der Waals surface area contributed by atoms with Crippen LogP contribution in [0.5, 0.6) is 0 Å². The Bertz CT molecular complexity index is 1030. The van der Waals surface area contributed by atoms with Gasteiger partial charge in [0.25, 0.3) is 0 Å². The van der Waals surface area contributed by atoms with Crippen molar-refractivity contribution in [2.75, 3.05) is 23.7 Å². The molecule has 4 rings (SSSR count). The first-order chi connectivity index (χ1) is 12.7. The van der Waals surface area contributed by atoms with Gasteiger partial charge in [-0.1, -0.05) is 23.2 Å². The summed E-state index contributed by atoms with van der Waals surface area (Å²) in [5.74, 6) is 2.05. The minimum absolute atomic E-state index is 0.488. The Morgan fingerprint density at radius 2 is 1.96 bits per heavy atom. The maximum atomic E-state index is 6.09. The first-order valence-electron chi connectivity index (χ1n) is 7.74. The van der Waals surface area contributed by atoms with Gasteiger partial charge in [-0.25, -0.2) is 4.98 Å². The third kappa shape index (κ3) is 3.57. The van der Waals surface area contributed by atoms with Crippen LogP contribution in [0.4, 0.5) is 11.6 Å². The quantitative estimate of drug-likeness (QED) is 0.470. The monoisotopic (exact) mass is 405 g/mol. The molecule has 0 amide bonds. The lowest BCUT2D eigenvalue weighted by Gasteiger charge is -2.09. The van der Waals surface area contributed by atoms with Crippen molar-refractivity contribution in [1.29, 1.82) is 0 Å². The number of pyridine rings is 1. The highest BCUT2D eigenvalue weighted by Crippen LogP contribution is 2.22. The average Bonchev–Trinajstić information content (AvgIpc) is 3.29. The molecule has 0 atom stereocenters. The second-order valence-electron chi connectivity index (χ2n) is 5.36. The number of halogens is 2. The first kappa shape index (κ1) is 17.0. The molecule has 7 nitrogen and oxygen atoms in total. The smallest absolute Gasteiger partial charge is 0.186 e. The fourth-order valence-electron chi connectivity index (χ4n) is 2.37. The number of hydrogen-bond donors (Lipinski definition) is 2. The number of hydrogen-bond acceptors (Lipinski definition) is 7. The van der Waals surface area contributed by atoms with Gasteiger partial charge in [-0.05, 0) is 29.6 Å². The maximum Gasteiger partial charge on any atom is 0.186 e. The zero-order valence-corrected chi connectivity index (χ0v) is 15.7. The second kappa shape index (κ2) is 7.45. The predicted octanol–water partition coefficient (Wildman–Crippen LogP) is 4.08. The summed E-state index contributed by atoms with van der Waals surface area (Å²) in [7, 11) is 0. The molecule has 0 spiro atoms. The van der Waals surface area contributed by atoms with Crippen molar-refractivity contribution < 1.29 is 0 Å². The van der Waals surface area contributed by atoms with Crippen LogP contribution in [-0.2, 0) is 0 Å². The van der Waals surface area contributed by atoms with E-state index in [2.05, 4.69) is 30.9 Å². The van der Waals surface area contributed by atoms with E-state index in [1.165, 1.54) is 0 Å². The third-order valence-electron chi connectivity index (χ3n) is 3.57. The zero-order chi connectivity index (χ0) is 17.9. The molecule has 0 unspecified atom stereocenters. The number of nitrogens with one attached hydrogen (secondary N) is 2. The predicted molar refractivity (Wildman–Crippen MR) is 105 cm³/mol. The van der Waals surface area contributed by atoms with Crippen LogP contribution in [0, 0.1) is 0 Å². The average molecular weight is 406 g/mol. The molecule has 0 aliphatic rings. The minimum Gasteiger partial charge on any atom is -0.367 e. The fraction of sp³-hybridized carbons (Fsp3) is 0.125. The van der Waals surface area contributed by atoms with Gasteiger partial charge in [-0.3, -0.25) is 0 Å². The van der Waals surface area contributed by atoms with Gasteiger partial charge in [0.2, 0.25) is 0 Å². The summed E-state index contributed by atoms with van der Waals surface area (Å²) in [6.07, 6.45) is 1.55. The summed E-state index contributed by atoms with van der Waals surface area (Å²) in [5, 5.41) is 24.4. The molecule has 26 heavy (non-hydrogen) atoms. The molecule has 4 aromatic heterocycles. The highest BCUT2D eigenvalue weighted by atomic mass is 35.5. The molecule has 0 aromatic carbocycles. The molecule has 0 aliphatic carbocycles. The molecule has 2 N–H and O–H groups in total. The Labute approximate surface area is 163 Å². The van der Waals surface area contributed by atoms with E-state index in [-0.39, 0.29) is 0 Å². The molecule has 4 heterocycles. The number of aromatic nitrogens is 5. The zero-order valence-electron chi connectivity index (χ0n) is 13.4. The van der Waals surface area contributed by atoms with E-state index in [0.29, 0.717) is 34.6 Å².